The molecule has 0 spiro atoms. The quantitative estimate of drug-likeness (QED) is 0.489. The van der Waals surface area contributed by atoms with Crippen LogP contribution in [0.4, 0.5) is 0 Å². The van der Waals surface area contributed by atoms with Crippen molar-refractivity contribution in [1.29, 1.82) is 0 Å². The topological polar surface area (TPSA) is 36.9 Å². The zero-order valence-electron chi connectivity index (χ0n) is 12.6. The molecule has 0 bridgehead atoms. The van der Waals surface area contributed by atoms with Crippen LogP contribution in [0, 0.1) is 5.92 Å². The summed E-state index contributed by atoms with van der Waals surface area (Å²) in [7, 11) is 5.58. The fourth-order valence-electron chi connectivity index (χ4n) is 2.20. The van der Waals surface area contributed by atoms with Gasteiger partial charge in [-0.1, -0.05) is 25.1 Å². The summed E-state index contributed by atoms with van der Waals surface area (Å²) >= 11 is 0. The van der Waals surface area contributed by atoms with Crippen molar-refractivity contribution in [3.63, 3.8) is 0 Å². The molecule has 0 aliphatic heterocycles. The monoisotopic (exact) mass is 389 g/mol. The molecule has 20 heavy (non-hydrogen) atoms. The van der Waals surface area contributed by atoms with E-state index in [9.17, 15) is 0 Å². The number of rotatable bonds is 4. The summed E-state index contributed by atoms with van der Waals surface area (Å²) in [6.45, 7) is 3.04. The summed E-state index contributed by atoms with van der Waals surface area (Å²) in [4.78, 5) is 6.47. The van der Waals surface area contributed by atoms with Crippen molar-refractivity contribution in [2.75, 3.05) is 21.2 Å². The number of benzene rings is 1. The van der Waals surface area contributed by atoms with E-state index in [2.05, 4.69) is 35.2 Å². The maximum atomic E-state index is 5.38. The van der Waals surface area contributed by atoms with Gasteiger partial charge in [-0.05, 0) is 18.4 Å². The van der Waals surface area contributed by atoms with E-state index in [-0.39, 0.29) is 24.0 Å². The molecule has 4 nitrogen and oxygen atoms in total. The molecule has 0 aromatic heterocycles. The molecule has 1 saturated carbocycles. The molecule has 2 unspecified atom stereocenters. The molecule has 1 fully saturated rings. The average molecular weight is 389 g/mol. The van der Waals surface area contributed by atoms with Gasteiger partial charge in [-0.2, -0.15) is 0 Å². The Bertz CT molecular complexity index is 464. The summed E-state index contributed by atoms with van der Waals surface area (Å²) in [5.41, 5.74) is 1.17. The summed E-state index contributed by atoms with van der Waals surface area (Å²) < 4.78 is 5.38. The Hall–Kier alpha value is -0.980. The second kappa shape index (κ2) is 7.71. The summed E-state index contributed by atoms with van der Waals surface area (Å²) in [6, 6.07) is 8.68. The van der Waals surface area contributed by atoms with Crippen LogP contribution in [0.25, 0.3) is 0 Å². The minimum Gasteiger partial charge on any atom is -0.496 e. The number of halogens is 1. The molecular formula is C15H24IN3O. The zero-order chi connectivity index (χ0) is 13.8. The number of nitrogens with zero attached hydrogens (tertiary/aromatic N) is 2. The molecule has 1 N–H and O–H groups in total. The number of hydrogen-bond acceptors (Lipinski definition) is 2. The number of para-hydroxylation sites is 1. The number of guanidine groups is 1. The van der Waals surface area contributed by atoms with Crippen LogP contribution in [0.2, 0.25) is 0 Å². The van der Waals surface area contributed by atoms with Crippen LogP contribution < -0.4 is 10.1 Å². The second-order valence-electron chi connectivity index (χ2n) is 5.18. The van der Waals surface area contributed by atoms with E-state index in [0.717, 1.165) is 24.2 Å². The lowest BCUT2D eigenvalue weighted by Gasteiger charge is -2.23. The number of hydrogen-bond donors (Lipinski definition) is 1. The molecule has 1 aliphatic carbocycles. The molecular weight excluding hydrogens is 365 g/mol. The molecule has 112 valence electrons. The number of aliphatic imine (C=N–C) groups is 1. The Morgan fingerprint density at radius 1 is 1.45 bits per heavy atom. The normalized spacial score (nSPS) is 20.9. The minimum atomic E-state index is 0. The standard InChI is InChI=1S/C15H23N3O.HI/c1-11-9-13(11)17-15(16-2)18(3)10-12-7-5-6-8-14(12)19-4;/h5-8,11,13H,9-10H2,1-4H3,(H,16,17);1H. The largest absolute Gasteiger partial charge is 0.496 e. The van der Waals surface area contributed by atoms with Crippen LogP contribution in [0.15, 0.2) is 29.3 Å². The molecule has 0 saturated heterocycles. The average Bonchev–Trinajstić information content (AvgIpc) is 3.12. The van der Waals surface area contributed by atoms with Gasteiger partial charge in [-0.3, -0.25) is 4.99 Å². The molecule has 0 radical (unpaired) electrons. The molecule has 1 aromatic rings. The highest BCUT2D eigenvalue weighted by Gasteiger charge is 2.33. The first-order valence-electron chi connectivity index (χ1n) is 6.72. The number of ether oxygens (including phenoxy) is 1. The Morgan fingerprint density at radius 3 is 2.65 bits per heavy atom. The van der Waals surface area contributed by atoms with Crippen LogP contribution in [0.3, 0.4) is 0 Å². The zero-order valence-corrected chi connectivity index (χ0v) is 14.9. The number of methoxy groups -OCH3 is 1. The fourth-order valence-corrected chi connectivity index (χ4v) is 2.20. The SMILES string of the molecule is CN=C(NC1CC1C)N(C)Cc1ccccc1OC.I. The lowest BCUT2D eigenvalue weighted by atomic mass is 10.2. The smallest absolute Gasteiger partial charge is 0.193 e. The minimum absolute atomic E-state index is 0. The first kappa shape index (κ1) is 17.1. The molecule has 5 heteroatoms. The van der Waals surface area contributed by atoms with E-state index in [0.29, 0.717) is 6.04 Å². The predicted octanol–water partition coefficient (Wildman–Crippen LogP) is 2.73. The molecule has 1 aliphatic rings. The van der Waals surface area contributed by atoms with Crippen LogP contribution in [-0.2, 0) is 6.54 Å². The van der Waals surface area contributed by atoms with Crippen LogP contribution in [-0.4, -0.2) is 38.1 Å². The molecule has 2 atom stereocenters. The van der Waals surface area contributed by atoms with Crippen molar-refractivity contribution in [3.8, 4) is 5.75 Å². The second-order valence-corrected chi connectivity index (χ2v) is 5.18. The van der Waals surface area contributed by atoms with Gasteiger partial charge in [0, 0.05) is 32.2 Å². The van der Waals surface area contributed by atoms with Crippen molar-refractivity contribution in [3.05, 3.63) is 29.8 Å². The van der Waals surface area contributed by atoms with Gasteiger partial charge in [0.1, 0.15) is 5.75 Å². The van der Waals surface area contributed by atoms with Gasteiger partial charge in [0.25, 0.3) is 0 Å². The van der Waals surface area contributed by atoms with Gasteiger partial charge in [0.15, 0.2) is 5.96 Å². The van der Waals surface area contributed by atoms with E-state index in [4.69, 9.17) is 4.74 Å². The van der Waals surface area contributed by atoms with E-state index in [1.165, 1.54) is 12.0 Å². The van der Waals surface area contributed by atoms with Crippen LogP contribution >= 0.6 is 24.0 Å². The number of nitrogens with one attached hydrogen (secondary N) is 1. The third kappa shape index (κ3) is 4.26. The highest BCUT2D eigenvalue weighted by molar-refractivity contribution is 14.0. The van der Waals surface area contributed by atoms with E-state index < -0.39 is 0 Å². The lowest BCUT2D eigenvalue weighted by Crippen LogP contribution is -2.40. The Balaban J connectivity index is 0.00000200. The molecule has 0 heterocycles. The van der Waals surface area contributed by atoms with Crippen molar-refractivity contribution >= 4 is 29.9 Å². The molecule has 0 amide bonds. The van der Waals surface area contributed by atoms with Crippen molar-refractivity contribution in [1.82, 2.24) is 10.2 Å². The van der Waals surface area contributed by atoms with Gasteiger partial charge >= 0.3 is 0 Å². The van der Waals surface area contributed by atoms with E-state index >= 15 is 0 Å². The highest BCUT2D eigenvalue weighted by Crippen LogP contribution is 2.29. The third-order valence-electron chi connectivity index (χ3n) is 3.60. The maximum absolute atomic E-state index is 5.38. The highest BCUT2D eigenvalue weighted by atomic mass is 127. The van der Waals surface area contributed by atoms with Crippen LogP contribution in [0.1, 0.15) is 18.9 Å². The fraction of sp³-hybridized carbons (Fsp3) is 0.533. The molecule has 2 rings (SSSR count). The van der Waals surface area contributed by atoms with E-state index in [1.54, 1.807) is 7.11 Å². The summed E-state index contributed by atoms with van der Waals surface area (Å²) in [5, 5.41) is 3.48. The molecule has 1 aromatic carbocycles. The predicted molar refractivity (Wildman–Crippen MR) is 93.9 cm³/mol. The van der Waals surface area contributed by atoms with Crippen molar-refractivity contribution in [2.24, 2.45) is 10.9 Å². The third-order valence-corrected chi connectivity index (χ3v) is 3.60. The Morgan fingerprint density at radius 2 is 2.10 bits per heavy atom. The van der Waals surface area contributed by atoms with Crippen molar-refractivity contribution < 1.29 is 4.74 Å². The van der Waals surface area contributed by atoms with Crippen LogP contribution in [0.5, 0.6) is 5.75 Å². The maximum Gasteiger partial charge on any atom is 0.193 e. The Kier molecular flexibility index (Phi) is 6.58. The van der Waals surface area contributed by atoms with E-state index in [1.807, 2.05) is 25.2 Å². The first-order chi connectivity index (χ1) is 9.15. The Labute approximate surface area is 138 Å². The summed E-state index contributed by atoms with van der Waals surface area (Å²) in [5.74, 6) is 2.63. The first-order valence-corrected chi connectivity index (χ1v) is 6.72. The van der Waals surface area contributed by atoms with Gasteiger partial charge in [-0.15, -0.1) is 24.0 Å². The van der Waals surface area contributed by atoms with Gasteiger partial charge in [-0.25, -0.2) is 0 Å². The van der Waals surface area contributed by atoms with Gasteiger partial charge < -0.3 is 15.0 Å². The van der Waals surface area contributed by atoms with Gasteiger partial charge in [0.2, 0.25) is 0 Å². The lowest BCUT2D eigenvalue weighted by molar-refractivity contribution is 0.396. The van der Waals surface area contributed by atoms with Crippen molar-refractivity contribution in [2.45, 2.75) is 25.9 Å². The van der Waals surface area contributed by atoms with Gasteiger partial charge in [0.05, 0.1) is 7.11 Å². The summed E-state index contributed by atoms with van der Waals surface area (Å²) in [6.07, 6.45) is 1.24.